The number of nitrogens with one attached hydrogen (secondary N) is 1. The molecule has 7 heteroatoms. The van der Waals surface area contributed by atoms with Gasteiger partial charge in [-0.05, 0) is 43.5 Å². The van der Waals surface area contributed by atoms with Crippen molar-refractivity contribution in [1.82, 2.24) is 10.2 Å². The lowest BCUT2D eigenvalue weighted by molar-refractivity contribution is -0.121. The van der Waals surface area contributed by atoms with Gasteiger partial charge in [0.2, 0.25) is 5.91 Å². The number of nitrogens with zero attached hydrogens (tertiary/aromatic N) is 3. The molecule has 0 atom stereocenters. The van der Waals surface area contributed by atoms with Gasteiger partial charge in [0, 0.05) is 55.9 Å². The molecule has 1 heterocycles. The second-order valence-electron chi connectivity index (χ2n) is 6.64. The van der Waals surface area contributed by atoms with E-state index in [1.165, 1.54) is 5.69 Å². The van der Waals surface area contributed by atoms with Gasteiger partial charge < -0.3 is 20.9 Å². The first-order valence-electron chi connectivity index (χ1n) is 8.96. The van der Waals surface area contributed by atoms with Gasteiger partial charge in [-0.15, -0.1) is 0 Å². The fourth-order valence-corrected chi connectivity index (χ4v) is 3.03. The van der Waals surface area contributed by atoms with E-state index in [-0.39, 0.29) is 5.91 Å². The highest BCUT2D eigenvalue weighted by molar-refractivity contribution is 6.30. The number of carbonyl (C=O) groups excluding carboxylic acids is 1. The van der Waals surface area contributed by atoms with E-state index in [4.69, 9.17) is 17.3 Å². The van der Waals surface area contributed by atoms with Crippen molar-refractivity contribution in [1.29, 1.82) is 0 Å². The summed E-state index contributed by atoms with van der Waals surface area (Å²) in [4.78, 5) is 20.5. The summed E-state index contributed by atoms with van der Waals surface area (Å²) in [6, 6.07) is 8.35. The molecular formula is C18H26ClN5O. The van der Waals surface area contributed by atoms with E-state index < -0.39 is 0 Å². The fraction of sp³-hybridized carbons (Fsp3) is 0.556. The van der Waals surface area contributed by atoms with Crippen LogP contribution in [0.1, 0.15) is 25.7 Å². The van der Waals surface area contributed by atoms with Crippen molar-refractivity contribution in [3.05, 3.63) is 29.3 Å². The predicted octanol–water partition coefficient (Wildman–Crippen LogP) is 1.84. The maximum Gasteiger partial charge on any atom is 0.220 e. The number of guanidine groups is 1. The van der Waals surface area contributed by atoms with Gasteiger partial charge in [-0.3, -0.25) is 9.79 Å². The van der Waals surface area contributed by atoms with Crippen LogP contribution in [-0.2, 0) is 4.79 Å². The Bertz CT molecular complexity index is 606. The molecule has 2 fully saturated rings. The van der Waals surface area contributed by atoms with Crippen LogP contribution >= 0.6 is 11.6 Å². The molecule has 1 amide bonds. The highest BCUT2D eigenvalue weighted by Crippen LogP contribution is 2.20. The third kappa shape index (κ3) is 5.53. The van der Waals surface area contributed by atoms with Gasteiger partial charge in [-0.25, -0.2) is 0 Å². The number of amides is 1. The highest BCUT2D eigenvalue weighted by Gasteiger charge is 2.22. The molecule has 0 spiro atoms. The summed E-state index contributed by atoms with van der Waals surface area (Å²) in [5.74, 6) is 0.714. The van der Waals surface area contributed by atoms with Crippen molar-refractivity contribution in [2.24, 2.45) is 10.7 Å². The normalized spacial score (nSPS) is 18.4. The Labute approximate surface area is 154 Å². The van der Waals surface area contributed by atoms with Crippen LogP contribution in [0.4, 0.5) is 5.69 Å². The Morgan fingerprint density at radius 3 is 2.52 bits per heavy atom. The lowest BCUT2D eigenvalue weighted by Crippen LogP contribution is -2.51. The molecule has 1 aromatic rings. The standard InChI is InChI=1S/C18H26ClN5O/c19-14-3-7-16(8-4-14)23-10-12-24(13-11-23)18(20)21-9-1-2-17(25)22-15-5-6-15/h3-4,7-8,15H,1-2,5-6,9-13H2,(H2,20,21)(H,22,25). The molecule has 3 N–H and O–H groups in total. The molecule has 1 aromatic carbocycles. The van der Waals surface area contributed by atoms with E-state index in [1.807, 2.05) is 24.3 Å². The van der Waals surface area contributed by atoms with Gasteiger partial charge in [0.05, 0.1) is 0 Å². The van der Waals surface area contributed by atoms with Gasteiger partial charge in [-0.1, -0.05) is 11.6 Å². The van der Waals surface area contributed by atoms with Gasteiger partial charge in [0.15, 0.2) is 5.96 Å². The summed E-state index contributed by atoms with van der Waals surface area (Å²) < 4.78 is 0. The second-order valence-corrected chi connectivity index (χ2v) is 7.07. The summed E-state index contributed by atoms with van der Waals surface area (Å²) >= 11 is 5.94. The Morgan fingerprint density at radius 2 is 1.88 bits per heavy atom. The maximum atomic E-state index is 11.6. The van der Waals surface area contributed by atoms with Gasteiger partial charge >= 0.3 is 0 Å². The largest absolute Gasteiger partial charge is 0.370 e. The van der Waals surface area contributed by atoms with Crippen LogP contribution in [0.5, 0.6) is 0 Å². The third-order valence-electron chi connectivity index (χ3n) is 4.57. The van der Waals surface area contributed by atoms with Crippen LogP contribution in [0, 0.1) is 0 Å². The molecule has 1 saturated heterocycles. The first-order valence-corrected chi connectivity index (χ1v) is 9.34. The van der Waals surface area contributed by atoms with Gasteiger partial charge in [0.25, 0.3) is 0 Å². The van der Waals surface area contributed by atoms with Gasteiger partial charge in [0.1, 0.15) is 0 Å². The number of rotatable bonds is 6. The topological polar surface area (TPSA) is 74.0 Å². The SMILES string of the molecule is NC(=NCCCC(=O)NC1CC1)N1CCN(c2ccc(Cl)cc2)CC1. The molecule has 0 radical (unpaired) electrons. The quantitative estimate of drug-likeness (QED) is 0.459. The van der Waals surface area contributed by atoms with E-state index in [9.17, 15) is 4.79 Å². The Hall–Kier alpha value is -1.95. The molecule has 0 bridgehead atoms. The number of carbonyl (C=O) groups is 1. The smallest absolute Gasteiger partial charge is 0.220 e. The lowest BCUT2D eigenvalue weighted by atomic mass is 10.2. The van der Waals surface area contributed by atoms with E-state index in [1.54, 1.807) is 0 Å². The summed E-state index contributed by atoms with van der Waals surface area (Å²) in [6.07, 6.45) is 3.51. The monoisotopic (exact) mass is 363 g/mol. The molecule has 6 nitrogen and oxygen atoms in total. The molecule has 3 rings (SSSR count). The minimum Gasteiger partial charge on any atom is -0.370 e. The van der Waals surface area contributed by atoms with Crippen LogP contribution in [-0.4, -0.2) is 55.5 Å². The van der Waals surface area contributed by atoms with Crippen LogP contribution in [0.2, 0.25) is 5.02 Å². The number of benzene rings is 1. The van der Waals surface area contributed by atoms with Crippen molar-refractivity contribution >= 4 is 29.2 Å². The minimum atomic E-state index is 0.132. The van der Waals surface area contributed by atoms with Crippen molar-refractivity contribution in [2.45, 2.75) is 31.7 Å². The molecule has 1 aliphatic carbocycles. The number of halogens is 1. The molecule has 25 heavy (non-hydrogen) atoms. The fourth-order valence-electron chi connectivity index (χ4n) is 2.91. The molecular weight excluding hydrogens is 338 g/mol. The second kappa shape index (κ2) is 8.43. The molecule has 1 saturated carbocycles. The Kier molecular flexibility index (Phi) is 6.02. The van der Waals surface area contributed by atoms with Crippen molar-refractivity contribution in [3.8, 4) is 0 Å². The summed E-state index contributed by atoms with van der Waals surface area (Å²) in [7, 11) is 0. The molecule has 0 unspecified atom stereocenters. The maximum absolute atomic E-state index is 11.6. The van der Waals surface area contributed by atoms with Crippen LogP contribution in [0.15, 0.2) is 29.3 Å². The van der Waals surface area contributed by atoms with Crippen molar-refractivity contribution in [2.75, 3.05) is 37.6 Å². The Morgan fingerprint density at radius 1 is 1.20 bits per heavy atom. The van der Waals surface area contributed by atoms with E-state index in [0.717, 1.165) is 50.5 Å². The van der Waals surface area contributed by atoms with Gasteiger partial charge in [-0.2, -0.15) is 0 Å². The number of hydrogen-bond acceptors (Lipinski definition) is 3. The number of aliphatic imine (C=N–C) groups is 1. The first-order chi connectivity index (χ1) is 12.1. The van der Waals surface area contributed by atoms with Crippen molar-refractivity contribution in [3.63, 3.8) is 0 Å². The Balaban J connectivity index is 1.37. The summed E-state index contributed by atoms with van der Waals surface area (Å²) in [5.41, 5.74) is 7.28. The van der Waals surface area contributed by atoms with E-state index >= 15 is 0 Å². The highest BCUT2D eigenvalue weighted by atomic mass is 35.5. The van der Waals surface area contributed by atoms with E-state index in [0.29, 0.717) is 25.0 Å². The minimum absolute atomic E-state index is 0.132. The average Bonchev–Trinajstić information content (AvgIpc) is 3.43. The molecule has 0 aromatic heterocycles. The van der Waals surface area contributed by atoms with Crippen LogP contribution in [0.3, 0.4) is 0 Å². The van der Waals surface area contributed by atoms with Crippen LogP contribution < -0.4 is 16.0 Å². The first kappa shape index (κ1) is 17.9. The zero-order valence-electron chi connectivity index (χ0n) is 14.5. The number of piperazine rings is 1. The zero-order valence-corrected chi connectivity index (χ0v) is 15.2. The number of hydrogen-bond donors (Lipinski definition) is 2. The average molecular weight is 364 g/mol. The number of nitrogens with two attached hydrogens (primary N) is 1. The molecule has 136 valence electrons. The third-order valence-corrected chi connectivity index (χ3v) is 4.83. The van der Waals surface area contributed by atoms with E-state index in [2.05, 4.69) is 20.1 Å². The zero-order chi connectivity index (χ0) is 17.6. The molecule has 2 aliphatic rings. The van der Waals surface area contributed by atoms with Crippen molar-refractivity contribution < 1.29 is 4.79 Å². The molecule has 1 aliphatic heterocycles. The number of anilines is 1. The lowest BCUT2D eigenvalue weighted by Gasteiger charge is -2.36. The predicted molar refractivity (Wildman–Crippen MR) is 102 cm³/mol. The summed E-state index contributed by atoms with van der Waals surface area (Å²) in [5, 5.41) is 3.74. The van der Waals surface area contributed by atoms with Crippen LogP contribution in [0.25, 0.3) is 0 Å². The summed E-state index contributed by atoms with van der Waals surface area (Å²) in [6.45, 7) is 4.10.